The van der Waals surface area contributed by atoms with Gasteiger partial charge in [0.1, 0.15) is 6.04 Å². The quantitative estimate of drug-likeness (QED) is 0.850. The third-order valence-corrected chi connectivity index (χ3v) is 4.00. The van der Waals surface area contributed by atoms with Gasteiger partial charge in [-0.15, -0.1) is 0 Å². The number of carbonyl (C=O) groups is 3. The minimum atomic E-state index is -1.10. The number of amides is 2. The molecule has 7 heteroatoms. The number of carbonyl (C=O) groups excluding carboxylic acids is 2. The van der Waals surface area contributed by atoms with Crippen molar-refractivity contribution in [3.05, 3.63) is 33.8 Å². The Morgan fingerprint density at radius 2 is 1.95 bits per heavy atom. The lowest BCUT2D eigenvalue weighted by molar-refractivity contribution is -0.129. The third-order valence-electron chi connectivity index (χ3n) is 3.54. The molecule has 1 aliphatic rings. The van der Waals surface area contributed by atoms with E-state index in [4.69, 9.17) is 5.11 Å². The van der Waals surface area contributed by atoms with E-state index in [1.165, 1.54) is 17.0 Å². The summed E-state index contributed by atoms with van der Waals surface area (Å²) in [5.74, 6) is -1.65. The number of hydrogen-bond donors (Lipinski definition) is 2. The summed E-state index contributed by atoms with van der Waals surface area (Å²) < 4.78 is 0.512. The molecule has 118 valence electrons. The Hall–Kier alpha value is -1.89. The molecular weight excluding hydrogens is 352 g/mol. The smallest absolute Gasteiger partial charge is 0.335 e. The fourth-order valence-electron chi connectivity index (χ4n) is 2.58. The molecule has 0 spiro atoms. The Labute approximate surface area is 136 Å². The second-order valence-corrected chi connectivity index (χ2v) is 6.43. The van der Waals surface area contributed by atoms with Crippen molar-refractivity contribution in [1.29, 1.82) is 0 Å². The van der Waals surface area contributed by atoms with Gasteiger partial charge in [-0.3, -0.25) is 9.59 Å². The van der Waals surface area contributed by atoms with Crippen molar-refractivity contribution in [2.24, 2.45) is 5.92 Å². The highest BCUT2D eigenvalue weighted by Crippen LogP contribution is 2.21. The first-order valence-corrected chi connectivity index (χ1v) is 7.73. The van der Waals surface area contributed by atoms with Crippen molar-refractivity contribution in [3.63, 3.8) is 0 Å². The van der Waals surface area contributed by atoms with Crippen molar-refractivity contribution in [3.8, 4) is 0 Å². The lowest BCUT2D eigenvalue weighted by atomic mass is 9.98. The van der Waals surface area contributed by atoms with E-state index >= 15 is 0 Å². The number of nitrogens with one attached hydrogen (secondary N) is 1. The number of aromatic carboxylic acids is 1. The maximum absolute atomic E-state index is 12.7. The van der Waals surface area contributed by atoms with E-state index < -0.39 is 12.0 Å². The highest BCUT2D eigenvalue weighted by molar-refractivity contribution is 9.10. The number of benzene rings is 1. The summed E-state index contributed by atoms with van der Waals surface area (Å²) in [6.07, 6.45) is 0. The van der Waals surface area contributed by atoms with Gasteiger partial charge in [0, 0.05) is 23.1 Å². The third kappa shape index (κ3) is 3.30. The number of rotatable bonds is 3. The largest absolute Gasteiger partial charge is 0.478 e. The molecule has 1 aliphatic heterocycles. The summed E-state index contributed by atoms with van der Waals surface area (Å²) in [4.78, 5) is 37.4. The van der Waals surface area contributed by atoms with Gasteiger partial charge in [0.15, 0.2) is 0 Å². The SMILES string of the molecule is CC(C)C1C(=O)NCCN1C(=O)c1cc(Br)cc(C(=O)O)c1. The van der Waals surface area contributed by atoms with Crippen molar-refractivity contribution in [2.75, 3.05) is 13.1 Å². The van der Waals surface area contributed by atoms with Crippen LogP contribution in [0.5, 0.6) is 0 Å². The summed E-state index contributed by atoms with van der Waals surface area (Å²) in [5.41, 5.74) is 0.285. The predicted octanol–water partition coefficient (Wildman–Crippen LogP) is 1.74. The van der Waals surface area contributed by atoms with Crippen molar-refractivity contribution >= 4 is 33.7 Å². The molecule has 0 bridgehead atoms. The van der Waals surface area contributed by atoms with Crippen molar-refractivity contribution < 1.29 is 19.5 Å². The van der Waals surface area contributed by atoms with Crippen LogP contribution in [0.1, 0.15) is 34.6 Å². The van der Waals surface area contributed by atoms with E-state index in [9.17, 15) is 14.4 Å². The van der Waals surface area contributed by atoms with Gasteiger partial charge < -0.3 is 15.3 Å². The molecule has 1 fully saturated rings. The maximum Gasteiger partial charge on any atom is 0.335 e. The molecule has 22 heavy (non-hydrogen) atoms. The van der Waals surface area contributed by atoms with Gasteiger partial charge in [-0.25, -0.2) is 4.79 Å². The monoisotopic (exact) mass is 368 g/mol. The average Bonchev–Trinajstić information content (AvgIpc) is 2.45. The van der Waals surface area contributed by atoms with E-state index in [1.54, 1.807) is 6.07 Å². The van der Waals surface area contributed by atoms with Crippen LogP contribution in [0.4, 0.5) is 0 Å². The number of carboxylic acid groups (broad SMARTS) is 1. The summed E-state index contributed by atoms with van der Waals surface area (Å²) in [7, 11) is 0. The predicted molar refractivity (Wildman–Crippen MR) is 83.8 cm³/mol. The summed E-state index contributed by atoms with van der Waals surface area (Å²) in [6, 6.07) is 3.79. The molecule has 2 N–H and O–H groups in total. The maximum atomic E-state index is 12.7. The minimum Gasteiger partial charge on any atom is -0.478 e. The second kappa shape index (κ2) is 6.48. The fraction of sp³-hybridized carbons (Fsp3) is 0.400. The summed E-state index contributed by atoms with van der Waals surface area (Å²) in [5, 5.41) is 11.9. The van der Waals surface area contributed by atoms with Gasteiger partial charge in [-0.2, -0.15) is 0 Å². The fourth-order valence-corrected chi connectivity index (χ4v) is 3.07. The van der Waals surface area contributed by atoms with Crippen molar-refractivity contribution in [2.45, 2.75) is 19.9 Å². The molecule has 1 saturated heterocycles. The van der Waals surface area contributed by atoms with E-state index in [2.05, 4.69) is 21.2 Å². The minimum absolute atomic E-state index is 0.0280. The highest BCUT2D eigenvalue weighted by atomic mass is 79.9. The Balaban J connectivity index is 2.37. The van der Waals surface area contributed by atoms with Gasteiger partial charge >= 0.3 is 5.97 Å². The Kier molecular flexibility index (Phi) is 4.85. The standard InChI is InChI=1S/C15H17BrN2O4/c1-8(2)12-13(19)17-3-4-18(12)14(20)9-5-10(15(21)22)7-11(16)6-9/h5-8,12H,3-4H2,1-2H3,(H,17,19)(H,21,22). The molecule has 1 atom stereocenters. The van der Waals surface area contributed by atoms with Crippen LogP contribution in [0.15, 0.2) is 22.7 Å². The zero-order valence-electron chi connectivity index (χ0n) is 12.3. The first-order valence-electron chi connectivity index (χ1n) is 6.94. The van der Waals surface area contributed by atoms with E-state index in [-0.39, 0.29) is 28.9 Å². The summed E-state index contributed by atoms with van der Waals surface area (Å²) in [6.45, 7) is 4.55. The number of hydrogen-bond acceptors (Lipinski definition) is 3. The molecule has 0 saturated carbocycles. The average molecular weight is 369 g/mol. The Morgan fingerprint density at radius 3 is 2.55 bits per heavy atom. The van der Waals surface area contributed by atoms with Gasteiger partial charge in [-0.1, -0.05) is 29.8 Å². The normalized spacial score (nSPS) is 18.3. The zero-order valence-corrected chi connectivity index (χ0v) is 13.9. The van der Waals surface area contributed by atoms with Crippen LogP contribution >= 0.6 is 15.9 Å². The molecule has 2 amide bonds. The molecule has 1 heterocycles. The van der Waals surface area contributed by atoms with E-state index in [1.807, 2.05) is 13.8 Å². The molecule has 6 nitrogen and oxygen atoms in total. The second-order valence-electron chi connectivity index (χ2n) is 5.51. The van der Waals surface area contributed by atoms with Gasteiger partial charge in [0.05, 0.1) is 5.56 Å². The lowest BCUT2D eigenvalue weighted by Crippen LogP contribution is -2.59. The molecule has 1 aromatic carbocycles. The first-order chi connectivity index (χ1) is 10.3. The van der Waals surface area contributed by atoms with Crippen LogP contribution in [0.3, 0.4) is 0 Å². The molecule has 1 aromatic rings. The number of piperazine rings is 1. The van der Waals surface area contributed by atoms with Gasteiger partial charge in [-0.05, 0) is 24.1 Å². The van der Waals surface area contributed by atoms with Crippen molar-refractivity contribution in [1.82, 2.24) is 10.2 Å². The number of nitrogens with zero attached hydrogens (tertiary/aromatic N) is 1. The van der Waals surface area contributed by atoms with Gasteiger partial charge in [0.25, 0.3) is 5.91 Å². The summed E-state index contributed by atoms with van der Waals surface area (Å²) >= 11 is 3.22. The number of halogens is 1. The van der Waals surface area contributed by atoms with Crippen LogP contribution in [0.2, 0.25) is 0 Å². The van der Waals surface area contributed by atoms with E-state index in [0.717, 1.165) is 0 Å². The number of carboxylic acids is 1. The Morgan fingerprint density at radius 1 is 1.32 bits per heavy atom. The highest BCUT2D eigenvalue weighted by Gasteiger charge is 2.35. The molecular formula is C15H17BrN2O4. The van der Waals surface area contributed by atoms with Crippen LogP contribution in [-0.2, 0) is 4.79 Å². The molecule has 0 aromatic heterocycles. The molecule has 1 unspecified atom stereocenters. The van der Waals surface area contributed by atoms with Crippen LogP contribution in [-0.4, -0.2) is 46.9 Å². The Bertz CT molecular complexity index is 630. The topological polar surface area (TPSA) is 86.7 Å². The first kappa shape index (κ1) is 16.5. The molecule has 0 aliphatic carbocycles. The van der Waals surface area contributed by atoms with Crippen LogP contribution in [0, 0.1) is 5.92 Å². The zero-order chi connectivity index (χ0) is 16.4. The van der Waals surface area contributed by atoms with Crippen LogP contribution < -0.4 is 5.32 Å². The molecule has 0 radical (unpaired) electrons. The lowest BCUT2D eigenvalue weighted by Gasteiger charge is -2.37. The van der Waals surface area contributed by atoms with E-state index in [0.29, 0.717) is 17.6 Å². The molecule has 2 rings (SSSR count). The van der Waals surface area contributed by atoms with Gasteiger partial charge in [0.2, 0.25) is 5.91 Å². The van der Waals surface area contributed by atoms with Crippen LogP contribution in [0.25, 0.3) is 0 Å².